The van der Waals surface area contributed by atoms with Gasteiger partial charge in [0.15, 0.2) is 0 Å². The minimum Gasteiger partial charge on any atom is -0.480 e. The maximum Gasteiger partial charge on any atom is 0.411 e. The van der Waals surface area contributed by atoms with Crippen molar-refractivity contribution in [3.8, 4) is 0 Å². The van der Waals surface area contributed by atoms with Crippen molar-refractivity contribution in [3.05, 3.63) is 0 Å². The summed E-state index contributed by atoms with van der Waals surface area (Å²) in [5.41, 5.74) is 0. The van der Waals surface area contributed by atoms with Gasteiger partial charge in [-0.25, -0.2) is 0 Å². The smallest absolute Gasteiger partial charge is 0.411 e. The van der Waals surface area contributed by atoms with E-state index in [9.17, 15) is 18.0 Å². The molecule has 4 nitrogen and oxygen atoms in total. The molecule has 1 aliphatic heterocycles. The van der Waals surface area contributed by atoms with Gasteiger partial charge >= 0.3 is 12.1 Å². The monoisotopic (exact) mass is 241 g/mol. The van der Waals surface area contributed by atoms with Crippen LogP contribution in [0.15, 0.2) is 0 Å². The number of carbonyl (C=O) groups is 1. The molecule has 1 heterocycles. The van der Waals surface area contributed by atoms with Crippen molar-refractivity contribution in [1.29, 1.82) is 0 Å². The molecule has 0 aliphatic carbocycles. The summed E-state index contributed by atoms with van der Waals surface area (Å²) in [6, 6.07) is -0.575. The van der Waals surface area contributed by atoms with Crippen LogP contribution in [0.3, 0.4) is 0 Å². The Morgan fingerprint density at radius 2 is 2.19 bits per heavy atom. The van der Waals surface area contributed by atoms with E-state index in [4.69, 9.17) is 5.11 Å². The van der Waals surface area contributed by atoms with Gasteiger partial charge in [-0.3, -0.25) is 9.69 Å². The molecular formula is C9H14F3NO3. The van der Waals surface area contributed by atoms with Crippen molar-refractivity contribution in [2.45, 2.75) is 25.1 Å². The highest BCUT2D eigenvalue weighted by Crippen LogP contribution is 2.17. The summed E-state index contributed by atoms with van der Waals surface area (Å²) in [5.74, 6) is -0.923. The first-order valence-electron chi connectivity index (χ1n) is 5.01. The molecular weight excluding hydrogens is 227 g/mol. The van der Waals surface area contributed by atoms with Gasteiger partial charge in [0.05, 0.1) is 6.61 Å². The molecule has 1 N–H and O–H groups in total. The highest BCUT2D eigenvalue weighted by atomic mass is 19.4. The quantitative estimate of drug-likeness (QED) is 0.733. The average Bonchev–Trinajstić information content (AvgIpc) is 2.58. The molecule has 0 radical (unpaired) electrons. The molecule has 94 valence electrons. The molecule has 1 aliphatic rings. The van der Waals surface area contributed by atoms with Crippen molar-refractivity contribution >= 4 is 5.97 Å². The Hall–Kier alpha value is -0.820. The molecule has 0 aromatic heterocycles. The predicted molar refractivity (Wildman–Crippen MR) is 49.1 cm³/mol. The molecule has 1 saturated heterocycles. The van der Waals surface area contributed by atoms with Crippen LogP contribution in [0.1, 0.15) is 12.8 Å². The zero-order valence-corrected chi connectivity index (χ0v) is 8.66. The van der Waals surface area contributed by atoms with E-state index < -0.39 is 24.8 Å². The van der Waals surface area contributed by atoms with Crippen LogP contribution < -0.4 is 0 Å². The van der Waals surface area contributed by atoms with Gasteiger partial charge in [0, 0.05) is 6.54 Å². The van der Waals surface area contributed by atoms with E-state index in [1.165, 1.54) is 0 Å². The lowest BCUT2D eigenvalue weighted by Gasteiger charge is -2.20. The van der Waals surface area contributed by atoms with Crippen LogP contribution in [-0.4, -0.2) is 54.5 Å². The topological polar surface area (TPSA) is 49.8 Å². The summed E-state index contributed by atoms with van der Waals surface area (Å²) in [5, 5.41) is 8.81. The second kappa shape index (κ2) is 5.49. The van der Waals surface area contributed by atoms with E-state index in [-0.39, 0.29) is 13.2 Å². The maximum absolute atomic E-state index is 11.7. The summed E-state index contributed by atoms with van der Waals surface area (Å²) >= 11 is 0. The van der Waals surface area contributed by atoms with Gasteiger partial charge in [0.2, 0.25) is 0 Å². The molecule has 7 heteroatoms. The van der Waals surface area contributed by atoms with Gasteiger partial charge in [-0.1, -0.05) is 0 Å². The lowest BCUT2D eigenvalue weighted by molar-refractivity contribution is -0.175. The summed E-state index contributed by atoms with van der Waals surface area (Å²) < 4.78 is 39.6. The lowest BCUT2D eigenvalue weighted by Crippen LogP contribution is -2.38. The van der Waals surface area contributed by atoms with E-state index in [0.717, 1.165) is 6.42 Å². The van der Waals surface area contributed by atoms with E-state index in [0.29, 0.717) is 13.0 Å². The zero-order chi connectivity index (χ0) is 12.2. The molecule has 0 bridgehead atoms. The third-order valence-corrected chi connectivity index (χ3v) is 2.44. The van der Waals surface area contributed by atoms with Crippen molar-refractivity contribution in [2.75, 3.05) is 26.3 Å². The number of alkyl halides is 3. The SMILES string of the molecule is O=C(O)[C@@H]1CCCN1CCOCC(F)(F)F. The van der Waals surface area contributed by atoms with Gasteiger partial charge in [-0.2, -0.15) is 13.2 Å². The number of rotatable bonds is 5. The molecule has 0 saturated carbocycles. The van der Waals surface area contributed by atoms with Gasteiger partial charge in [0.1, 0.15) is 12.6 Å². The van der Waals surface area contributed by atoms with Gasteiger partial charge < -0.3 is 9.84 Å². The fourth-order valence-corrected chi connectivity index (χ4v) is 1.74. The van der Waals surface area contributed by atoms with Gasteiger partial charge in [0.25, 0.3) is 0 Å². The number of ether oxygens (including phenoxy) is 1. The molecule has 16 heavy (non-hydrogen) atoms. The Labute approximate surface area is 91.0 Å². The number of aliphatic carboxylic acids is 1. The Morgan fingerprint density at radius 1 is 1.50 bits per heavy atom. The second-order valence-corrected chi connectivity index (χ2v) is 3.70. The fraction of sp³-hybridized carbons (Fsp3) is 0.889. The maximum atomic E-state index is 11.7. The minimum atomic E-state index is -4.32. The highest BCUT2D eigenvalue weighted by molar-refractivity contribution is 5.73. The van der Waals surface area contributed by atoms with Gasteiger partial charge in [-0.15, -0.1) is 0 Å². The molecule has 1 fully saturated rings. The van der Waals surface area contributed by atoms with E-state index >= 15 is 0 Å². The molecule has 0 aromatic rings. The van der Waals surface area contributed by atoms with Crippen LogP contribution in [0.5, 0.6) is 0 Å². The average molecular weight is 241 g/mol. The Kier molecular flexibility index (Phi) is 4.55. The number of nitrogens with zero attached hydrogens (tertiary/aromatic N) is 1. The van der Waals surface area contributed by atoms with Crippen LogP contribution in [0.25, 0.3) is 0 Å². The standard InChI is InChI=1S/C9H14F3NO3/c10-9(11,12)6-16-5-4-13-3-1-2-7(13)8(14)15/h7H,1-6H2,(H,14,15)/t7-/m0/s1. The third kappa shape index (κ3) is 4.36. The molecule has 1 rings (SSSR count). The number of carboxylic acid groups (broad SMARTS) is 1. The van der Waals surface area contributed by atoms with Crippen molar-refractivity contribution in [2.24, 2.45) is 0 Å². The van der Waals surface area contributed by atoms with Crippen LogP contribution in [0, 0.1) is 0 Å². The number of likely N-dealkylation sites (tertiary alicyclic amines) is 1. The second-order valence-electron chi connectivity index (χ2n) is 3.70. The van der Waals surface area contributed by atoms with Crippen LogP contribution in [-0.2, 0) is 9.53 Å². The molecule has 0 aromatic carbocycles. The summed E-state index contributed by atoms with van der Waals surface area (Å²) in [7, 11) is 0. The Bertz CT molecular complexity index is 245. The predicted octanol–water partition coefficient (Wildman–Crippen LogP) is 1.11. The van der Waals surface area contributed by atoms with Crippen molar-refractivity contribution in [1.82, 2.24) is 4.90 Å². The van der Waals surface area contributed by atoms with E-state index in [1.54, 1.807) is 4.90 Å². The Morgan fingerprint density at radius 3 is 2.75 bits per heavy atom. The summed E-state index contributed by atoms with van der Waals surface area (Å²) in [4.78, 5) is 12.4. The zero-order valence-electron chi connectivity index (χ0n) is 8.66. The summed E-state index contributed by atoms with van der Waals surface area (Å²) in [6.45, 7) is -0.540. The van der Waals surface area contributed by atoms with Crippen molar-refractivity contribution < 1.29 is 27.8 Å². The minimum absolute atomic E-state index is 0.0940. The van der Waals surface area contributed by atoms with Crippen molar-refractivity contribution in [3.63, 3.8) is 0 Å². The van der Waals surface area contributed by atoms with Crippen LogP contribution in [0.4, 0.5) is 13.2 Å². The molecule has 0 amide bonds. The molecule has 0 unspecified atom stereocenters. The first-order valence-corrected chi connectivity index (χ1v) is 5.01. The van der Waals surface area contributed by atoms with Crippen LogP contribution >= 0.6 is 0 Å². The molecule has 1 atom stereocenters. The van der Waals surface area contributed by atoms with Gasteiger partial charge in [-0.05, 0) is 19.4 Å². The number of halogens is 3. The first kappa shape index (κ1) is 13.2. The Balaban J connectivity index is 2.20. The van der Waals surface area contributed by atoms with Crippen LogP contribution in [0.2, 0.25) is 0 Å². The lowest BCUT2D eigenvalue weighted by atomic mass is 10.2. The van der Waals surface area contributed by atoms with E-state index in [1.807, 2.05) is 0 Å². The summed E-state index contributed by atoms with van der Waals surface area (Å²) in [6.07, 6.45) is -3.01. The number of carboxylic acids is 1. The molecule has 0 spiro atoms. The fourth-order valence-electron chi connectivity index (χ4n) is 1.74. The third-order valence-electron chi connectivity index (χ3n) is 2.44. The normalized spacial score (nSPS) is 22.6. The first-order chi connectivity index (χ1) is 7.40. The number of hydrogen-bond acceptors (Lipinski definition) is 3. The number of hydrogen-bond donors (Lipinski definition) is 1. The van der Waals surface area contributed by atoms with E-state index in [2.05, 4.69) is 4.74 Å². The largest absolute Gasteiger partial charge is 0.480 e. The highest BCUT2D eigenvalue weighted by Gasteiger charge is 2.31.